The Morgan fingerprint density at radius 2 is 1.83 bits per heavy atom. The van der Waals surface area contributed by atoms with E-state index in [2.05, 4.69) is 21.4 Å². The van der Waals surface area contributed by atoms with Crippen LogP contribution in [0.4, 0.5) is 0 Å². The quantitative estimate of drug-likeness (QED) is 0.690. The van der Waals surface area contributed by atoms with E-state index >= 15 is 0 Å². The van der Waals surface area contributed by atoms with Gasteiger partial charge in [-0.15, -0.1) is 0 Å². The van der Waals surface area contributed by atoms with E-state index in [0.717, 1.165) is 41.7 Å². The number of hydrogen-bond acceptors (Lipinski definition) is 5. The molecule has 1 aliphatic carbocycles. The van der Waals surface area contributed by atoms with E-state index < -0.39 is 5.97 Å². The maximum atomic E-state index is 12.4. The number of amides is 1. The molecule has 6 nitrogen and oxygen atoms in total. The zero-order valence-electron chi connectivity index (χ0n) is 16.6. The predicted molar refractivity (Wildman–Crippen MR) is 110 cm³/mol. The minimum absolute atomic E-state index is 0.0340. The predicted octanol–water partition coefficient (Wildman–Crippen LogP) is 3.60. The smallest absolute Gasteiger partial charge is 0.338 e. The highest BCUT2D eigenvalue weighted by atomic mass is 16.5. The highest BCUT2D eigenvalue weighted by molar-refractivity contribution is 5.94. The molecule has 0 radical (unpaired) electrons. The van der Waals surface area contributed by atoms with Crippen LogP contribution in [-0.2, 0) is 16.0 Å². The maximum Gasteiger partial charge on any atom is 0.338 e. The number of carbonyl (C=O) groups excluding carboxylic acids is 2. The van der Waals surface area contributed by atoms with Crippen molar-refractivity contribution in [1.29, 1.82) is 0 Å². The first-order valence-electron chi connectivity index (χ1n) is 9.80. The summed E-state index contributed by atoms with van der Waals surface area (Å²) in [7, 11) is 0. The van der Waals surface area contributed by atoms with E-state index in [0.29, 0.717) is 11.1 Å². The molecule has 1 aliphatic rings. The summed E-state index contributed by atoms with van der Waals surface area (Å²) in [5.41, 5.74) is 5.79. The molecule has 6 heteroatoms. The highest BCUT2D eigenvalue weighted by Gasteiger charge is 2.22. The molecule has 1 heterocycles. The van der Waals surface area contributed by atoms with Crippen LogP contribution >= 0.6 is 0 Å². The molecule has 0 saturated carbocycles. The molecule has 29 heavy (non-hydrogen) atoms. The van der Waals surface area contributed by atoms with Gasteiger partial charge in [0.1, 0.15) is 0 Å². The Balaban J connectivity index is 1.39. The molecule has 2 aromatic carbocycles. The summed E-state index contributed by atoms with van der Waals surface area (Å²) in [4.78, 5) is 33.6. The van der Waals surface area contributed by atoms with Gasteiger partial charge in [-0.25, -0.2) is 14.8 Å². The second kappa shape index (κ2) is 7.99. The summed E-state index contributed by atoms with van der Waals surface area (Å²) in [5.74, 6) is -0.849. The van der Waals surface area contributed by atoms with Gasteiger partial charge in [-0.3, -0.25) is 4.79 Å². The minimum atomic E-state index is -0.550. The number of nitrogens with zero attached hydrogens (tertiary/aromatic N) is 2. The fourth-order valence-corrected chi connectivity index (χ4v) is 3.71. The van der Waals surface area contributed by atoms with E-state index in [4.69, 9.17) is 4.74 Å². The van der Waals surface area contributed by atoms with Crippen LogP contribution in [0.1, 0.15) is 51.8 Å². The van der Waals surface area contributed by atoms with Gasteiger partial charge in [-0.2, -0.15) is 0 Å². The first-order valence-corrected chi connectivity index (χ1v) is 9.80. The van der Waals surface area contributed by atoms with Crippen LogP contribution in [0.5, 0.6) is 0 Å². The van der Waals surface area contributed by atoms with Crippen molar-refractivity contribution in [3.8, 4) is 0 Å². The van der Waals surface area contributed by atoms with Crippen LogP contribution in [0.25, 0.3) is 11.0 Å². The standard InChI is InChI=1S/C23H23N3O3/c1-14-15(2)25-21-12-17(10-11-20(21)24-14)23(28)29-13-22(27)26-19-9-5-7-16-6-3-4-8-18(16)19/h3-4,6,8,10-12,19H,5,7,9,13H2,1-2H3,(H,26,27)/t19-/m0/s1. The van der Waals surface area contributed by atoms with Gasteiger partial charge in [0.2, 0.25) is 0 Å². The molecule has 0 fully saturated rings. The molecule has 1 aromatic heterocycles. The molecular formula is C23H23N3O3. The molecule has 4 rings (SSSR count). The summed E-state index contributed by atoms with van der Waals surface area (Å²) >= 11 is 0. The maximum absolute atomic E-state index is 12.4. The number of fused-ring (bicyclic) bond motifs is 2. The van der Waals surface area contributed by atoms with E-state index in [-0.39, 0.29) is 18.6 Å². The van der Waals surface area contributed by atoms with Gasteiger partial charge in [0, 0.05) is 0 Å². The van der Waals surface area contributed by atoms with E-state index in [1.165, 1.54) is 5.56 Å². The van der Waals surface area contributed by atoms with Gasteiger partial charge in [0.05, 0.1) is 34.0 Å². The topological polar surface area (TPSA) is 81.2 Å². The van der Waals surface area contributed by atoms with Crippen LogP contribution in [-0.4, -0.2) is 28.5 Å². The summed E-state index contributed by atoms with van der Waals surface area (Å²) < 4.78 is 5.22. The number of esters is 1. The first kappa shape index (κ1) is 19.1. The van der Waals surface area contributed by atoms with Crippen LogP contribution in [0.2, 0.25) is 0 Å². The Bertz CT molecular complexity index is 1090. The number of carbonyl (C=O) groups is 2. The summed E-state index contributed by atoms with van der Waals surface area (Å²) in [6, 6.07) is 13.1. The zero-order valence-corrected chi connectivity index (χ0v) is 16.6. The largest absolute Gasteiger partial charge is 0.452 e. The Labute approximate surface area is 169 Å². The number of benzene rings is 2. The molecule has 0 aliphatic heterocycles. The van der Waals surface area contributed by atoms with Gasteiger partial charge in [0.25, 0.3) is 5.91 Å². The summed E-state index contributed by atoms with van der Waals surface area (Å²) in [6.45, 7) is 3.46. The van der Waals surface area contributed by atoms with Gasteiger partial charge in [0.15, 0.2) is 6.61 Å². The zero-order chi connectivity index (χ0) is 20.4. The van der Waals surface area contributed by atoms with E-state index in [1.54, 1.807) is 18.2 Å². The molecule has 0 spiro atoms. The first-order chi connectivity index (χ1) is 14.0. The van der Waals surface area contributed by atoms with E-state index in [9.17, 15) is 9.59 Å². The molecule has 0 bridgehead atoms. The number of rotatable bonds is 4. The monoisotopic (exact) mass is 389 g/mol. The van der Waals surface area contributed by atoms with Gasteiger partial charge < -0.3 is 10.1 Å². The van der Waals surface area contributed by atoms with Crippen molar-refractivity contribution in [1.82, 2.24) is 15.3 Å². The van der Waals surface area contributed by atoms with Crippen molar-refractivity contribution in [3.63, 3.8) is 0 Å². The summed E-state index contributed by atoms with van der Waals surface area (Å²) in [5, 5.41) is 2.99. The number of hydrogen-bond donors (Lipinski definition) is 1. The lowest BCUT2D eigenvalue weighted by Crippen LogP contribution is -2.34. The van der Waals surface area contributed by atoms with Crippen molar-refractivity contribution >= 4 is 22.9 Å². The Hall–Kier alpha value is -3.28. The Morgan fingerprint density at radius 3 is 2.66 bits per heavy atom. The molecule has 148 valence electrons. The third-order valence-electron chi connectivity index (χ3n) is 5.35. The normalized spacial score (nSPS) is 15.6. The lowest BCUT2D eigenvalue weighted by Gasteiger charge is -2.26. The molecular weight excluding hydrogens is 366 g/mol. The summed E-state index contributed by atoms with van der Waals surface area (Å²) in [6.07, 6.45) is 2.94. The van der Waals surface area contributed by atoms with Crippen LogP contribution < -0.4 is 5.32 Å². The lowest BCUT2D eigenvalue weighted by atomic mass is 9.88. The second-order valence-electron chi connectivity index (χ2n) is 7.39. The fraction of sp³-hybridized carbons (Fsp3) is 0.304. The fourth-order valence-electron chi connectivity index (χ4n) is 3.71. The minimum Gasteiger partial charge on any atom is -0.452 e. The van der Waals surface area contributed by atoms with Crippen LogP contribution in [0, 0.1) is 13.8 Å². The second-order valence-corrected chi connectivity index (χ2v) is 7.39. The molecule has 3 aromatic rings. The van der Waals surface area contributed by atoms with Gasteiger partial charge >= 0.3 is 5.97 Å². The molecule has 1 N–H and O–H groups in total. The average Bonchev–Trinajstić information content (AvgIpc) is 2.73. The molecule has 0 saturated heterocycles. The number of aryl methyl sites for hydroxylation is 3. The van der Waals surface area contributed by atoms with Crippen molar-refractivity contribution in [2.24, 2.45) is 0 Å². The van der Waals surface area contributed by atoms with Gasteiger partial charge in [-0.05, 0) is 62.4 Å². The van der Waals surface area contributed by atoms with Crippen LogP contribution in [0.15, 0.2) is 42.5 Å². The Kier molecular flexibility index (Phi) is 5.25. The Morgan fingerprint density at radius 1 is 1.07 bits per heavy atom. The van der Waals surface area contributed by atoms with Gasteiger partial charge in [-0.1, -0.05) is 24.3 Å². The number of aromatic nitrogens is 2. The van der Waals surface area contributed by atoms with Crippen molar-refractivity contribution < 1.29 is 14.3 Å². The third kappa shape index (κ3) is 4.11. The number of nitrogens with one attached hydrogen (secondary N) is 1. The molecule has 1 atom stereocenters. The van der Waals surface area contributed by atoms with Crippen molar-refractivity contribution in [3.05, 3.63) is 70.5 Å². The van der Waals surface area contributed by atoms with Crippen LogP contribution in [0.3, 0.4) is 0 Å². The SMILES string of the molecule is Cc1nc2ccc(C(=O)OCC(=O)N[C@H]3CCCc4ccccc43)cc2nc1C. The average molecular weight is 389 g/mol. The molecule has 1 amide bonds. The van der Waals surface area contributed by atoms with Crippen molar-refractivity contribution in [2.45, 2.75) is 39.2 Å². The molecule has 0 unspecified atom stereocenters. The van der Waals surface area contributed by atoms with Crippen molar-refractivity contribution in [2.75, 3.05) is 6.61 Å². The number of ether oxygens (including phenoxy) is 1. The highest BCUT2D eigenvalue weighted by Crippen LogP contribution is 2.29. The lowest BCUT2D eigenvalue weighted by molar-refractivity contribution is -0.125. The van der Waals surface area contributed by atoms with E-state index in [1.807, 2.05) is 32.0 Å². The third-order valence-corrected chi connectivity index (χ3v) is 5.35.